The Bertz CT molecular complexity index is 423. The lowest BCUT2D eigenvalue weighted by Crippen LogP contribution is -2.43. The van der Waals surface area contributed by atoms with Gasteiger partial charge in [-0.2, -0.15) is 24.9 Å². The summed E-state index contributed by atoms with van der Waals surface area (Å²) in [4.78, 5) is 0. The predicted molar refractivity (Wildman–Crippen MR) is 79.3 cm³/mol. The summed E-state index contributed by atoms with van der Waals surface area (Å²) in [5, 5.41) is 11.9. The molecule has 2 N–H and O–H groups in total. The third kappa shape index (κ3) is 5.52. The summed E-state index contributed by atoms with van der Waals surface area (Å²) in [5.74, 6) is 2.19. The van der Waals surface area contributed by atoms with E-state index >= 15 is 0 Å². The van der Waals surface area contributed by atoms with E-state index in [1.807, 2.05) is 0 Å². The molecule has 21 heavy (non-hydrogen) atoms. The standard InChI is InChI=1S/C15H20F3NOS/c16-15(17,18)14(12-4-2-1-3-5-12)19-13(8-20)10-21-9-11-6-7-11/h1-5,11,13-14,19-20H,6-10H2/t13-,14?/m1/s1. The maximum Gasteiger partial charge on any atom is 0.407 e. The van der Waals surface area contributed by atoms with E-state index in [9.17, 15) is 18.3 Å². The van der Waals surface area contributed by atoms with E-state index in [1.165, 1.54) is 25.0 Å². The monoisotopic (exact) mass is 319 g/mol. The number of nitrogens with one attached hydrogen (secondary N) is 1. The van der Waals surface area contributed by atoms with Crippen LogP contribution in [0.4, 0.5) is 13.2 Å². The number of benzene rings is 1. The van der Waals surface area contributed by atoms with E-state index in [-0.39, 0.29) is 12.2 Å². The van der Waals surface area contributed by atoms with Crippen LogP contribution < -0.4 is 5.32 Å². The Kier molecular flexibility index (Phi) is 5.96. The van der Waals surface area contributed by atoms with E-state index in [2.05, 4.69) is 5.32 Å². The van der Waals surface area contributed by atoms with Crippen molar-refractivity contribution in [3.63, 3.8) is 0 Å². The van der Waals surface area contributed by atoms with Crippen LogP contribution in [0.25, 0.3) is 0 Å². The average molecular weight is 319 g/mol. The van der Waals surface area contributed by atoms with Crippen LogP contribution in [0.2, 0.25) is 0 Å². The fourth-order valence-corrected chi connectivity index (χ4v) is 3.36. The zero-order chi connectivity index (χ0) is 15.3. The molecule has 1 aliphatic carbocycles. The van der Waals surface area contributed by atoms with Gasteiger partial charge in [0, 0.05) is 11.8 Å². The van der Waals surface area contributed by atoms with E-state index in [1.54, 1.807) is 30.0 Å². The summed E-state index contributed by atoms with van der Waals surface area (Å²) in [5.41, 5.74) is 0.177. The fourth-order valence-electron chi connectivity index (χ4n) is 2.08. The van der Waals surface area contributed by atoms with Gasteiger partial charge in [0.15, 0.2) is 0 Å². The van der Waals surface area contributed by atoms with Crippen molar-refractivity contribution in [3.05, 3.63) is 35.9 Å². The summed E-state index contributed by atoms with van der Waals surface area (Å²) in [6, 6.07) is 5.48. The molecule has 6 heteroatoms. The molecule has 2 atom stereocenters. The molecular formula is C15H20F3NOS. The second-order valence-electron chi connectivity index (χ2n) is 5.41. The van der Waals surface area contributed by atoms with Crippen LogP contribution in [-0.2, 0) is 0 Å². The molecular weight excluding hydrogens is 299 g/mol. The molecule has 1 unspecified atom stereocenters. The van der Waals surface area contributed by atoms with Crippen LogP contribution in [0.15, 0.2) is 30.3 Å². The lowest BCUT2D eigenvalue weighted by atomic mass is 10.1. The Labute approximate surface area is 127 Å². The number of halogens is 3. The van der Waals surface area contributed by atoms with Gasteiger partial charge in [0.2, 0.25) is 0 Å². The molecule has 1 aromatic rings. The first kappa shape index (κ1) is 16.6. The van der Waals surface area contributed by atoms with Crippen molar-refractivity contribution in [1.82, 2.24) is 5.32 Å². The molecule has 0 radical (unpaired) electrons. The minimum absolute atomic E-state index is 0.177. The van der Waals surface area contributed by atoms with Crippen molar-refractivity contribution >= 4 is 11.8 Å². The first-order valence-electron chi connectivity index (χ1n) is 7.07. The summed E-state index contributed by atoms with van der Waals surface area (Å²) < 4.78 is 39.6. The highest BCUT2D eigenvalue weighted by Crippen LogP contribution is 2.34. The van der Waals surface area contributed by atoms with E-state index in [0.717, 1.165) is 11.7 Å². The zero-order valence-corrected chi connectivity index (χ0v) is 12.5. The van der Waals surface area contributed by atoms with Crippen LogP contribution in [-0.4, -0.2) is 35.4 Å². The summed E-state index contributed by atoms with van der Waals surface area (Å²) in [6.07, 6.45) is -1.94. The lowest BCUT2D eigenvalue weighted by Gasteiger charge is -2.26. The molecule has 118 valence electrons. The second kappa shape index (κ2) is 7.51. The van der Waals surface area contributed by atoms with Crippen molar-refractivity contribution in [1.29, 1.82) is 0 Å². The number of alkyl halides is 3. The lowest BCUT2D eigenvalue weighted by molar-refractivity contribution is -0.159. The van der Waals surface area contributed by atoms with Gasteiger partial charge in [-0.05, 0) is 30.1 Å². The topological polar surface area (TPSA) is 32.3 Å². The van der Waals surface area contributed by atoms with Crippen molar-refractivity contribution in [2.45, 2.75) is 31.1 Å². The highest BCUT2D eigenvalue weighted by molar-refractivity contribution is 7.99. The van der Waals surface area contributed by atoms with Crippen LogP contribution in [0.5, 0.6) is 0 Å². The minimum atomic E-state index is -4.38. The third-order valence-corrected chi connectivity index (χ3v) is 4.80. The highest BCUT2D eigenvalue weighted by Gasteiger charge is 2.41. The molecule has 2 rings (SSSR count). The van der Waals surface area contributed by atoms with Crippen LogP contribution in [0.3, 0.4) is 0 Å². The number of rotatable bonds is 8. The van der Waals surface area contributed by atoms with E-state index < -0.39 is 18.3 Å². The second-order valence-corrected chi connectivity index (χ2v) is 6.49. The largest absolute Gasteiger partial charge is 0.407 e. The molecule has 0 aliphatic heterocycles. The SMILES string of the molecule is OC[C@H](CSCC1CC1)NC(c1ccccc1)C(F)(F)F. The zero-order valence-electron chi connectivity index (χ0n) is 11.6. The van der Waals surface area contributed by atoms with E-state index in [4.69, 9.17) is 0 Å². The highest BCUT2D eigenvalue weighted by atomic mass is 32.2. The molecule has 0 heterocycles. The Morgan fingerprint density at radius 1 is 1.24 bits per heavy atom. The van der Waals surface area contributed by atoms with Crippen LogP contribution >= 0.6 is 11.8 Å². The number of hydrogen-bond acceptors (Lipinski definition) is 3. The summed E-state index contributed by atoms with van der Waals surface area (Å²) in [6.45, 7) is -0.295. The number of aliphatic hydroxyl groups excluding tert-OH is 1. The van der Waals surface area contributed by atoms with Gasteiger partial charge in [-0.1, -0.05) is 30.3 Å². The van der Waals surface area contributed by atoms with Gasteiger partial charge in [0.1, 0.15) is 6.04 Å². The Morgan fingerprint density at radius 2 is 1.90 bits per heavy atom. The molecule has 1 fully saturated rings. The van der Waals surface area contributed by atoms with Gasteiger partial charge in [-0.25, -0.2) is 0 Å². The number of thioether (sulfide) groups is 1. The van der Waals surface area contributed by atoms with Crippen LogP contribution in [0.1, 0.15) is 24.4 Å². The Morgan fingerprint density at radius 3 is 2.43 bits per heavy atom. The normalized spacial score (nSPS) is 18.5. The quantitative estimate of drug-likeness (QED) is 0.770. The van der Waals surface area contributed by atoms with Gasteiger partial charge in [0.05, 0.1) is 6.61 Å². The van der Waals surface area contributed by atoms with Crippen molar-refractivity contribution < 1.29 is 18.3 Å². The molecule has 0 bridgehead atoms. The first-order chi connectivity index (χ1) is 10.0. The fraction of sp³-hybridized carbons (Fsp3) is 0.600. The van der Waals surface area contributed by atoms with E-state index in [0.29, 0.717) is 5.75 Å². The Hall–Kier alpha value is -0.720. The first-order valence-corrected chi connectivity index (χ1v) is 8.22. The van der Waals surface area contributed by atoms with Gasteiger partial charge < -0.3 is 5.11 Å². The van der Waals surface area contributed by atoms with Crippen molar-refractivity contribution in [2.75, 3.05) is 18.1 Å². The summed E-state index contributed by atoms with van der Waals surface area (Å²) in [7, 11) is 0. The average Bonchev–Trinajstić information content (AvgIpc) is 3.26. The molecule has 0 saturated heterocycles. The number of aliphatic hydroxyl groups is 1. The Balaban J connectivity index is 1.95. The molecule has 1 aliphatic rings. The third-order valence-electron chi connectivity index (χ3n) is 3.45. The van der Waals surface area contributed by atoms with Crippen molar-refractivity contribution in [3.8, 4) is 0 Å². The number of hydrogen-bond donors (Lipinski definition) is 2. The van der Waals surface area contributed by atoms with Gasteiger partial charge in [0.25, 0.3) is 0 Å². The van der Waals surface area contributed by atoms with Gasteiger partial charge in [-0.3, -0.25) is 5.32 Å². The van der Waals surface area contributed by atoms with Crippen LogP contribution in [0, 0.1) is 5.92 Å². The maximum absolute atomic E-state index is 13.2. The summed E-state index contributed by atoms with van der Waals surface area (Å²) >= 11 is 1.61. The molecule has 0 spiro atoms. The van der Waals surface area contributed by atoms with Crippen molar-refractivity contribution in [2.24, 2.45) is 5.92 Å². The molecule has 2 nitrogen and oxygen atoms in total. The van der Waals surface area contributed by atoms with Gasteiger partial charge >= 0.3 is 6.18 Å². The molecule has 1 saturated carbocycles. The minimum Gasteiger partial charge on any atom is -0.395 e. The smallest absolute Gasteiger partial charge is 0.395 e. The maximum atomic E-state index is 13.2. The molecule has 0 amide bonds. The predicted octanol–water partition coefficient (Wildman–Crippen LogP) is 3.38. The van der Waals surface area contributed by atoms with Gasteiger partial charge in [-0.15, -0.1) is 0 Å². The molecule has 0 aromatic heterocycles. The molecule has 1 aromatic carbocycles.